The largest absolute Gasteiger partial charge is 0.481 e. The second-order valence-electron chi connectivity index (χ2n) is 13.7. The van der Waals surface area contributed by atoms with E-state index in [-0.39, 0.29) is 55.7 Å². The fraction of sp³-hybridized carbons (Fsp3) is 0.735. The number of carboxylic acid groups (broad SMARTS) is 6. The van der Waals surface area contributed by atoms with Crippen LogP contribution in [0.3, 0.4) is 0 Å². The molecule has 0 aromatic heterocycles. The van der Waals surface area contributed by atoms with Crippen LogP contribution < -0.4 is 27.8 Å². The second-order valence-corrected chi connectivity index (χ2v) is 17.9. The summed E-state index contributed by atoms with van der Waals surface area (Å²) >= 11 is 0. The van der Waals surface area contributed by atoms with Crippen LogP contribution in [0.4, 0.5) is 0 Å². The number of amides is 2. The number of hydrogen-bond acceptors (Lipinski definition) is 15. The summed E-state index contributed by atoms with van der Waals surface area (Å²) in [4.78, 5) is 128. The van der Waals surface area contributed by atoms with Gasteiger partial charge in [0.15, 0.2) is 0 Å². The van der Waals surface area contributed by atoms with Gasteiger partial charge in [0.1, 0.15) is 18.1 Å². The van der Waals surface area contributed by atoms with E-state index in [1.54, 1.807) is 27.7 Å². The number of carbonyl (C=O) groups excluding carboxylic acids is 4. The topological polar surface area (TPSA) is 489 Å². The van der Waals surface area contributed by atoms with Gasteiger partial charge in [0.2, 0.25) is 19.2 Å². The van der Waals surface area contributed by atoms with Gasteiger partial charge in [0.05, 0.1) is 25.0 Å². The van der Waals surface area contributed by atoms with Crippen molar-refractivity contribution in [2.45, 2.75) is 122 Å². The van der Waals surface area contributed by atoms with Crippen LogP contribution >= 0.6 is 15.0 Å². The number of nitrogens with one attached hydrogen (secondary N) is 2. The van der Waals surface area contributed by atoms with Crippen molar-refractivity contribution in [1.29, 1.82) is 0 Å². The van der Waals surface area contributed by atoms with E-state index in [4.69, 9.17) is 67.2 Å². The van der Waals surface area contributed by atoms with Crippen LogP contribution in [0.2, 0.25) is 0 Å². The maximum absolute atomic E-state index is 11.6. The Morgan fingerprint density at radius 2 is 1.02 bits per heavy atom. The molecule has 7 atom stereocenters. The van der Waals surface area contributed by atoms with Crippen LogP contribution in [0.5, 0.6) is 0 Å². The average molecular weight is 942 g/mol. The quantitative estimate of drug-likeness (QED) is 0.0462. The van der Waals surface area contributed by atoms with Crippen molar-refractivity contribution in [2.75, 3.05) is 25.0 Å². The highest BCUT2D eigenvalue weighted by Gasteiger charge is 2.25. The van der Waals surface area contributed by atoms with E-state index in [0.717, 1.165) is 0 Å². The standard InChI is InChI=1S/2C9H16N2O5.C9H20NO4P.C6H13O5P.CO2/c1-2-3-6(9(15)16)11-8(14)5(10)4-7(12)13;1-2-3-6(9(15)16)11-7(12)4-5(10)8(13)14;1-8(3-4-9(11)12)7-15(13,14)6-2-5-10;1-5(2-3-6(7)8)4-12(9,10)11;2-1-3/h5-6H,2-4,10H2,1H3,(H,11,14)(H,12,13)(H,15,16);5-6H,2-4,10H2,1H3,(H,11,12)(H,13,14)(H,15,16);8H,2-7,10H2,1H3,(H,11,12)(H,13,14);5H,2-4H2,1H3,(H,7,8)(H2,9,10,11);/t2*5-,6+;;;/m00.../s1. The SMILES string of the molecule is CC(CCC(=O)O)CP(=O)(O)CCCN.CC(CCC(=O)O)CP(=O)(O)O.CCC[C@@H](NC(=O)C[C@H](N)C(=O)O)C(=O)O.CCC[C@@H](NC(=O)[C@@H](N)CC(=O)O)C(=O)O.O=C=O. The van der Waals surface area contributed by atoms with Crippen LogP contribution in [-0.4, -0.2) is 148 Å². The minimum Gasteiger partial charge on any atom is -0.481 e. The molecule has 17 N–H and O–H groups in total. The van der Waals surface area contributed by atoms with E-state index in [0.29, 0.717) is 45.1 Å². The Labute approximate surface area is 358 Å². The average Bonchev–Trinajstić information content (AvgIpc) is 3.11. The van der Waals surface area contributed by atoms with Gasteiger partial charge in [-0.25, -0.2) is 9.59 Å². The lowest BCUT2D eigenvalue weighted by atomic mass is 10.1. The highest BCUT2D eigenvalue weighted by molar-refractivity contribution is 7.58. The molecule has 0 spiro atoms. The number of carboxylic acids is 6. The molecule has 0 aliphatic rings. The van der Waals surface area contributed by atoms with Crippen LogP contribution in [0.25, 0.3) is 0 Å². The number of rotatable bonds is 27. The first-order valence-corrected chi connectivity index (χ1v) is 22.7. The maximum atomic E-state index is 11.6. The third-order valence-electron chi connectivity index (χ3n) is 7.42. The monoisotopic (exact) mass is 941 g/mol. The molecule has 0 rings (SSSR count). The van der Waals surface area contributed by atoms with E-state index < -0.39 is 99.6 Å². The zero-order valence-corrected chi connectivity index (χ0v) is 36.9. The summed E-state index contributed by atoms with van der Waals surface area (Å²) < 4.78 is 22.0. The molecular formula is C34H65N5O21P2. The van der Waals surface area contributed by atoms with Crippen LogP contribution in [0.15, 0.2) is 0 Å². The molecule has 362 valence electrons. The molecule has 0 aliphatic heterocycles. The van der Waals surface area contributed by atoms with Gasteiger partial charge in [0.25, 0.3) is 0 Å². The van der Waals surface area contributed by atoms with Crippen molar-refractivity contribution in [2.24, 2.45) is 29.0 Å². The Hall–Kier alpha value is -4.64. The van der Waals surface area contributed by atoms with Crippen molar-refractivity contribution in [3.05, 3.63) is 0 Å². The Balaban J connectivity index is -0.000000229. The van der Waals surface area contributed by atoms with E-state index in [2.05, 4.69) is 10.6 Å². The van der Waals surface area contributed by atoms with E-state index in [9.17, 15) is 52.4 Å². The van der Waals surface area contributed by atoms with Gasteiger partial charge in [-0.15, -0.1) is 0 Å². The van der Waals surface area contributed by atoms with Crippen molar-refractivity contribution < 1.29 is 102 Å². The van der Waals surface area contributed by atoms with E-state index in [1.807, 2.05) is 0 Å². The number of carbonyl (C=O) groups is 8. The van der Waals surface area contributed by atoms with Crippen molar-refractivity contribution in [3.8, 4) is 0 Å². The molecule has 0 heterocycles. The summed E-state index contributed by atoms with van der Waals surface area (Å²) in [5.41, 5.74) is 15.7. The first kappa shape index (κ1) is 66.5. The lowest BCUT2D eigenvalue weighted by molar-refractivity contribution is -0.192. The molecule has 0 aromatic rings. The molecule has 0 aromatic carbocycles. The maximum Gasteiger partial charge on any atom is 0.373 e. The van der Waals surface area contributed by atoms with Crippen molar-refractivity contribution >= 4 is 68.7 Å². The predicted octanol–water partition coefficient (Wildman–Crippen LogP) is -0.496. The highest BCUT2D eigenvalue weighted by Crippen LogP contribution is 2.43. The van der Waals surface area contributed by atoms with Crippen LogP contribution in [0.1, 0.15) is 98.3 Å². The third-order valence-corrected chi connectivity index (χ3v) is 10.7. The fourth-order valence-corrected chi connectivity index (χ4v) is 7.45. The molecular weight excluding hydrogens is 876 g/mol. The van der Waals surface area contributed by atoms with Crippen molar-refractivity contribution in [1.82, 2.24) is 10.6 Å². The molecule has 0 radical (unpaired) electrons. The first-order chi connectivity index (χ1) is 28.4. The molecule has 0 bridgehead atoms. The molecule has 0 aliphatic carbocycles. The van der Waals surface area contributed by atoms with Gasteiger partial charge in [0, 0.05) is 25.2 Å². The first-order valence-electron chi connectivity index (χ1n) is 18.9. The van der Waals surface area contributed by atoms with E-state index >= 15 is 0 Å². The Morgan fingerprint density at radius 1 is 0.613 bits per heavy atom. The smallest absolute Gasteiger partial charge is 0.373 e. The molecule has 0 fully saturated rings. The molecule has 2 amide bonds. The zero-order chi connectivity index (χ0) is 49.8. The number of aliphatic carboxylic acids is 6. The third kappa shape index (κ3) is 48.0. The van der Waals surface area contributed by atoms with Gasteiger partial charge < -0.3 is 73.2 Å². The lowest BCUT2D eigenvalue weighted by Gasteiger charge is -2.16. The molecule has 26 nitrogen and oxygen atoms in total. The normalized spacial score (nSPS) is 14.2. The number of hydrogen-bond donors (Lipinski definition) is 14. The minimum atomic E-state index is -3.97. The molecule has 0 saturated heterocycles. The Kier molecular flexibility index (Phi) is 40.8. The van der Waals surface area contributed by atoms with Gasteiger partial charge >= 0.3 is 49.6 Å². The van der Waals surface area contributed by atoms with Gasteiger partial charge in [-0.2, -0.15) is 9.59 Å². The lowest BCUT2D eigenvalue weighted by Crippen LogP contribution is -2.49. The molecule has 28 heteroatoms. The Morgan fingerprint density at radius 3 is 1.34 bits per heavy atom. The summed E-state index contributed by atoms with van der Waals surface area (Å²) in [6.07, 6.45) is 2.56. The molecule has 0 saturated carbocycles. The van der Waals surface area contributed by atoms with Gasteiger partial charge in [-0.1, -0.05) is 40.5 Å². The van der Waals surface area contributed by atoms with Gasteiger partial charge in [-0.3, -0.25) is 37.9 Å². The van der Waals surface area contributed by atoms with Crippen LogP contribution in [0, 0.1) is 11.8 Å². The van der Waals surface area contributed by atoms with E-state index in [1.165, 1.54) is 0 Å². The second kappa shape index (κ2) is 38.1. The van der Waals surface area contributed by atoms with Crippen LogP contribution in [-0.2, 0) is 57.1 Å². The minimum absolute atomic E-state index is 0.0327. The van der Waals surface area contributed by atoms with Gasteiger partial charge in [-0.05, 0) is 50.5 Å². The molecule has 62 heavy (non-hydrogen) atoms. The fourth-order valence-electron chi connectivity index (χ4n) is 4.44. The summed E-state index contributed by atoms with van der Waals surface area (Å²) in [5, 5.41) is 55.5. The van der Waals surface area contributed by atoms with Crippen molar-refractivity contribution in [3.63, 3.8) is 0 Å². The Bertz CT molecular complexity index is 1510. The highest BCUT2D eigenvalue weighted by atomic mass is 31.2. The predicted molar refractivity (Wildman–Crippen MR) is 217 cm³/mol. The zero-order valence-electron chi connectivity index (χ0n) is 35.1. The summed E-state index contributed by atoms with van der Waals surface area (Å²) in [6.45, 7) is 7.40. The molecule has 3 unspecified atom stereocenters. The number of nitrogens with two attached hydrogens (primary N) is 3. The summed E-state index contributed by atoms with van der Waals surface area (Å²) in [7, 11) is -7.07. The summed E-state index contributed by atoms with van der Waals surface area (Å²) in [6, 6.07) is -4.54. The summed E-state index contributed by atoms with van der Waals surface area (Å²) in [5.74, 6) is -8.31.